The summed E-state index contributed by atoms with van der Waals surface area (Å²) >= 11 is 0. The van der Waals surface area contributed by atoms with Gasteiger partial charge in [-0.2, -0.15) is 0 Å². The summed E-state index contributed by atoms with van der Waals surface area (Å²) in [6.45, 7) is 6.07. The topological polar surface area (TPSA) is 46.5 Å². The lowest BCUT2D eigenvalue weighted by molar-refractivity contribution is -0.127. The van der Waals surface area contributed by atoms with Crippen LogP contribution in [0.1, 0.15) is 63.9 Å². The van der Waals surface area contributed by atoms with E-state index in [-0.39, 0.29) is 5.92 Å². The Labute approximate surface area is 180 Å². The Hall–Kier alpha value is -2.01. The molecule has 0 atom stereocenters. The highest BCUT2D eigenvalue weighted by molar-refractivity contribution is 5.85. The predicted octanol–water partition coefficient (Wildman–Crippen LogP) is 4.72. The summed E-state index contributed by atoms with van der Waals surface area (Å²) in [5, 5.41) is 4.65. The van der Waals surface area contributed by atoms with Crippen LogP contribution in [0.3, 0.4) is 0 Å². The van der Waals surface area contributed by atoms with E-state index in [9.17, 15) is 4.79 Å². The van der Waals surface area contributed by atoms with Crippen LogP contribution in [-0.2, 0) is 17.9 Å². The molecule has 0 unspecified atom stereocenters. The molecule has 2 heterocycles. The van der Waals surface area contributed by atoms with Crippen LogP contribution in [0, 0.1) is 5.92 Å². The lowest BCUT2D eigenvalue weighted by Crippen LogP contribution is -2.43. The van der Waals surface area contributed by atoms with Crippen molar-refractivity contribution >= 4 is 16.8 Å². The minimum Gasteiger partial charge on any atom is -0.497 e. The summed E-state index contributed by atoms with van der Waals surface area (Å²) < 4.78 is 7.77. The number of hydrogen-bond acceptors (Lipinski definition) is 3. The van der Waals surface area contributed by atoms with E-state index in [2.05, 4.69) is 40.0 Å². The first-order valence-electron chi connectivity index (χ1n) is 11.9. The number of amides is 1. The number of benzene rings is 1. The van der Waals surface area contributed by atoms with Crippen molar-refractivity contribution in [1.29, 1.82) is 0 Å². The molecule has 1 saturated carbocycles. The second kappa shape index (κ2) is 9.86. The van der Waals surface area contributed by atoms with Crippen LogP contribution in [0.5, 0.6) is 5.75 Å². The largest absolute Gasteiger partial charge is 0.497 e. The highest BCUT2D eigenvalue weighted by atomic mass is 16.5. The van der Waals surface area contributed by atoms with Gasteiger partial charge in [0.25, 0.3) is 0 Å². The van der Waals surface area contributed by atoms with Crippen molar-refractivity contribution in [3.05, 3.63) is 30.0 Å². The molecule has 1 aromatic carbocycles. The minimum absolute atomic E-state index is 0.182. The molecule has 164 valence electrons. The Morgan fingerprint density at radius 1 is 1.10 bits per heavy atom. The van der Waals surface area contributed by atoms with Crippen molar-refractivity contribution in [1.82, 2.24) is 14.8 Å². The molecule has 2 aliphatic rings. The van der Waals surface area contributed by atoms with Gasteiger partial charge in [-0.3, -0.25) is 9.69 Å². The molecular formula is C25H37N3O2. The molecule has 2 aromatic rings. The molecule has 2 fully saturated rings. The maximum Gasteiger partial charge on any atom is 0.223 e. The van der Waals surface area contributed by atoms with Gasteiger partial charge in [0.15, 0.2) is 0 Å². The fraction of sp³-hybridized carbons (Fsp3) is 0.640. The number of fused-ring (bicyclic) bond motifs is 1. The average molecular weight is 412 g/mol. The number of likely N-dealkylation sites (tertiary alicyclic amines) is 1. The van der Waals surface area contributed by atoms with Crippen LogP contribution in [0.15, 0.2) is 24.4 Å². The van der Waals surface area contributed by atoms with Gasteiger partial charge >= 0.3 is 0 Å². The Balaban J connectivity index is 1.35. The number of aryl methyl sites for hydroxylation is 1. The first kappa shape index (κ1) is 21.2. The summed E-state index contributed by atoms with van der Waals surface area (Å²) in [5.74, 6) is 1.39. The van der Waals surface area contributed by atoms with Gasteiger partial charge < -0.3 is 14.6 Å². The third-order valence-corrected chi connectivity index (χ3v) is 7.07. The van der Waals surface area contributed by atoms with Crippen molar-refractivity contribution in [3.63, 3.8) is 0 Å². The van der Waals surface area contributed by atoms with Crippen LogP contribution < -0.4 is 10.1 Å². The summed E-state index contributed by atoms with van der Waals surface area (Å²) in [4.78, 5) is 15.3. The monoisotopic (exact) mass is 411 g/mol. The van der Waals surface area contributed by atoms with Crippen LogP contribution in [-0.4, -0.2) is 41.6 Å². The average Bonchev–Trinajstić information content (AvgIpc) is 2.93. The third kappa shape index (κ3) is 4.83. The van der Waals surface area contributed by atoms with E-state index in [0.717, 1.165) is 57.6 Å². The molecule has 1 amide bonds. The second-order valence-corrected chi connectivity index (χ2v) is 9.07. The van der Waals surface area contributed by atoms with Crippen LogP contribution in [0.2, 0.25) is 0 Å². The lowest BCUT2D eigenvalue weighted by atomic mass is 9.94. The maximum absolute atomic E-state index is 12.8. The quantitative estimate of drug-likeness (QED) is 0.700. The number of aromatic nitrogens is 1. The molecular weight excluding hydrogens is 374 g/mol. The smallest absolute Gasteiger partial charge is 0.223 e. The van der Waals surface area contributed by atoms with E-state index >= 15 is 0 Å². The number of nitrogens with one attached hydrogen (secondary N) is 1. The molecule has 5 heteroatoms. The molecule has 5 nitrogen and oxygen atoms in total. The van der Waals surface area contributed by atoms with E-state index in [1.54, 1.807) is 7.11 Å². The van der Waals surface area contributed by atoms with E-state index in [4.69, 9.17) is 4.74 Å². The van der Waals surface area contributed by atoms with Gasteiger partial charge in [-0.25, -0.2) is 0 Å². The zero-order chi connectivity index (χ0) is 20.9. The first-order chi connectivity index (χ1) is 14.7. The molecule has 4 rings (SSSR count). The maximum atomic E-state index is 12.8. The number of piperidine rings is 1. The first-order valence-corrected chi connectivity index (χ1v) is 11.9. The Morgan fingerprint density at radius 3 is 2.50 bits per heavy atom. The Bertz CT molecular complexity index is 843. The number of ether oxygens (including phenoxy) is 1. The molecule has 1 aliphatic carbocycles. The standard InChI is InChI=1S/C25H37N3O2/c1-3-28-18-20(23-16-22(30-2)10-11-24(23)28)17-27-14-12-19(13-15-27)25(29)26-21-8-6-4-5-7-9-21/h10-11,16,18-19,21H,3-9,12-15,17H2,1-2H3,(H,26,29). The molecule has 0 spiro atoms. The molecule has 1 aliphatic heterocycles. The number of hydrogen-bond donors (Lipinski definition) is 1. The summed E-state index contributed by atoms with van der Waals surface area (Å²) in [5.41, 5.74) is 2.62. The Morgan fingerprint density at radius 2 is 1.83 bits per heavy atom. The minimum atomic E-state index is 0.182. The molecule has 1 saturated heterocycles. The van der Waals surface area contributed by atoms with E-state index in [1.807, 2.05) is 6.07 Å². The Kier molecular flexibility index (Phi) is 6.98. The number of nitrogens with zero attached hydrogens (tertiary/aromatic N) is 2. The van der Waals surface area contributed by atoms with Gasteiger partial charge in [0.05, 0.1) is 7.11 Å². The van der Waals surface area contributed by atoms with Gasteiger partial charge in [0, 0.05) is 42.1 Å². The second-order valence-electron chi connectivity index (χ2n) is 9.07. The summed E-state index contributed by atoms with van der Waals surface area (Å²) in [6, 6.07) is 6.76. The number of rotatable bonds is 6. The van der Waals surface area contributed by atoms with Crippen molar-refractivity contribution < 1.29 is 9.53 Å². The van der Waals surface area contributed by atoms with Gasteiger partial charge in [0.2, 0.25) is 5.91 Å². The van der Waals surface area contributed by atoms with E-state index < -0.39 is 0 Å². The fourth-order valence-corrected chi connectivity index (χ4v) is 5.20. The molecule has 1 aromatic heterocycles. The zero-order valence-electron chi connectivity index (χ0n) is 18.7. The SMILES string of the molecule is CCn1cc(CN2CCC(C(=O)NC3CCCCCC3)CC2)c2cc(OC)ccc21. The van der Waals surface area contributed by atoms with Gasteiger partial charge in [-0.05, 0) is 69.5 Å². The van der Waals surface area contributed by atoms with E-state index in [0.29, 0.717) is 11.9 Å². The van der Waals surface area contributed by atoms with Crippen LogP contribution in [0.25, 0.3) is 10.9 Å². The van der Waals surface area contributed by atoms with E-state index in [1.165, 1.54) is 42.1 Å². The number of carbonyl (C=O) groups is 1. The normalized spacial score (nSPS) is 19.7. The molecule has 0 radical (unpaired) electrons. The number of methoxy groups -OCH3 is 1. The van der Waals surface area contributed by atoms with Gasteiger partial charge in [-0.1, -0.05) is 25.7 Å². The van der Waals surface area contributed by atoms with Crippen molar-refractivity contribution in [2.75, 3.05) is 20.2 Å². The summed E-state index contributed by atoms with van der Waals surface area (Å²) in [7, 11) is 1.72. The highest BCUT2D eigenvalue weighted by Gasteiger charge is 2.27. The highest BCUT2D eigenvalue weighted by Crippen LogP contribution is 2.28. The van der Waals surface area contributed by atoms with Crippen LogP contribution >= 0.6 is 0 Å². The third-order valence-electron chi connectivity index (χ3n) is 7.07. The van der Waals surface area contributed by atoms with Gasteiger partial charge in [0.1, 0.15) is 5.75 Å². The summed E-state index contributed by atoms with van der Waals surface area (Å²) in [6.07, 6.45) is 11.7. The van der Waals surface area contributed by atoms with Crippen molar-refractivity contribution in [2.24, 2.45) is 5.92 Å². The van der Waals surface area contributed by atoms with Crippen LogP contribution in [0.4, 0.5) is 0 Å². The lowest BCUT2D eigenvalue weighted by Gasteiger charge is -2.32. The molecule has 1 N–H and O–H groups in total. The predicted molar refractivity (Wildman–Crippen MR) is 122 cm³/mol. The number of carbonyl (C=O) groups excluding carboxylic acids is 1. The van der Waals surface area contributed by atoms with Crippen molar-refractivity contribution in [2.45, 2.75) is 77.4 Å². The fourth-order valence-electron chi connectivity index (χ4n) is 5.20. The molecule has 0 bridgehead atoms. The van der Waals surface area contributed by atoms with Crippen molar-refractivity contribution in [3.8, 4) is 5.75 Å². The molecule has 30 heavy (non-hydrogen) atoms. The zero-order valence-corrected chi connectivity index (χ0v) is 18.7. The van der Waals surface area contributed by atoms with Gasteiger partial charge in [-0.15, -0.1) is 0 Å².